The highest BCUT2D eigenvalue weighted by atomic mass is 19.4. The van der Waals surface area contributed by atoms with Crippen LogP contribution >= 0.6 is 0 Å². The van der Waals surface area contributed by atoms with E-state index in [0.29, 0.717) is 17.1 Å². The number of hydrogen-bond acceptors (Lipinski definition) is 6. The van der Waals surface area contributed by atoms with Crippen molar-refractivity contribution in [3.05, 3.63) is 35.4 Å². The smallest absolute Gasteiger partial charge is 0.422 e. The van der Waals surface area contributed by atoms with Crippen molar-refractivity contribution in [2.24, 2.45) is 4.99 Å². The second-order valence-corrected chi connectivity index (χ2v) is 6.53. The Hall–Kier alpha value is -3.11. The first-order valence-electron chi connectivity index (χ1n) is 8.79. The quantitative estimate of drug-likeness (QED) is 0.631. The fourth-order valence-electron chi connectivity index (χ4n) is 2.37. The number of aliphatic imine (C=N–C) groups is 1. The van der Waals surface area contributed by atoms with E-state index in [4.69, 9.17) is 0 Å². The van der Waals surface area contributed by atoms with Gasteiger partial charge in [-0.1, -0.05) is 13.0 Å². The summed E-state index contributed by atoms with van der Waals surface area (Å²) in [6.45, 7) is 3.57. The number of rotatable bonds is 7. The molecular formula is C18H22F3N5O3. The van der Waals surface area contributed by atoms with Gasteiger partial charge in [-0.3, -0.25) is 14.6 Å². The van der Waals surface area contributed by atoms with Crippen LogP contribution < -0.4 is 20.7 Å². The van der Waals surface area contributed by atoms with Crippen molar-refractivity contribution in [1.29, 1.82) is 0 Å². The Morgan fingerprint density at radius 1 is 1.31 bits per heavy atom. The molecule has 0 fully saturated rings. The lowest BCUT2D eigenvalue weighted by Gasteiger charge is -2.30. The molecule has 8 nitrogen and oxygen atoms in total. The van der Waals surface area contributed by atoms with Crippen LogP contribution in [0.1, 0.15) is 31.5 Å². The van der Waals surface area contributed by atoms with Crippen LogP contribution in [0.2, 0.25) is 0 Å². The van der Waals surface area contributed by atoms with Crippen molar-refractivity contribution in [3.8, 4) is 5.88 Å². The first-order chi connectivity index (χ1) is 13.5. The summed E-state index contributed by atoms with van der Waals surface area (Å²) < 4.78 is 41.3. The number of carbonyl (C=O) groups excluding carboxylic acids is 2. The van der Waals surface area contributed by atoms with Gasteiger partial charge in [0.15, 0.2) is 12.1 Å². The monoisotopic (exact) mass is 413 g/mol. The number of alkyl halides is 3. The predicted molar refractivity (Wildman–Crippen MR) is 98.9 cm³/mol. The van der Waals surface area contributed by atoms with Gasteiger partial charge in [0, 0.05) is 30.9 Å². The van der Waals surface area contributed by atoms with Gasteiger partial charge in [-0.05, 0) is 19.4 Å². The van der Waals surface area contributed by atoms with Crippen LogP contribution in [0.25, 0.3) is 0 Å². The fraction of sp³-hybridized carbons (Fsp3) is 0.444. The lowest BCUT2D eigenvalue weighted by atomic mass is 10.0. The first-order valence-corrected chi connectivity index (χ1v) is 8.79. The van der Waals surface area contributed by atoms with Crippen LogP contribution in [-0.4, -0.2) is 41.3 Å². The Balaban J connectivity index is 1.95. The average Bonchev–Trinajstić information content (AvgIpc) is 2.64. The second-order valence-electron chi connectivity index (χ2n) is 6.53. The highest BCUT2D eigenvalue weighted by Gasteiger charge is 2.34. The molecular weight excluding hydrogens is 391 g/mol. The van der Waals surface area contributed by atoms with Gasteiger partial charge in [-0.25, -0.2) is 4.98 Å². The third-order valence-corrected chi connectivity index (χ3v) is 3.99. The lowest BCUT2D eigenvalue weighted by Crippen LogP contribution is -2.58. The zero-order valence-electron chi connectivity index (χ0n) is 16.2. The van der Waals surface area contributed by atoms with Crippen LogP contribution in [-0.2, 0) is 16.1 Å². The van der Waals surface area contributed by atoms with Gasteiger partial charge in [0.1, 0.15) is 5.82 Å². The van der Waals surface area contributed by atoms with Gasteiger partial charge in [-0.15, -0.1) is 0 Å². The van der Waals surface area contributed by atoms with E-state index < -0.39 is 24.2 Å². The highest BCUT2D eigenvalue weighted by Crippen LogP contribution is 2.18. The molecule has 2 amide bonds. The molecule has 1 aromatic rings. The van der Waals surface area contributed by atoms with Crippen molar-refractivity contribution in [3.63, 3.8) is 0 Å². The molecule has 2 heterocycles. The molecule has 0 aliphatic carbocycles. The zero-order valence-corrected chi connectivity index (χ0v) is 16.2. The minimum atomic E-state index is -4.45. The summed E-state index contributed by atoms with van der Waals surface area (Å²) >= 11 is 0. The molecule has 1 unspecified atom stereocenters. The maximum atomic E-state index is 12.6. The first kappa shape index (κ1) is 22.2. The van der Waals surface area contributed by atoms with E-state index in [1.165, 1.54) is 24.5 Å². The molecule has 1 aromatic heterocycles. The molecule has 2 rings (SSSR count). The zero-order chi connectivity index (χ0) is 21.7. The fourth-order valence-corrected chi connectivity index (χ4v) is 2.37. The van der Waals surface area contributed by atoms with Gasteiger partial charge < -0.3 is 20.7 Å². The maximum Gasteiger partial charge on any atom is 0.422 e. The average molecular weight is 413 g/mol. The Labute approximate surface area is 165 Å². The summed E-state index contributed by atoms with van der Waals surface area (Å²) in [5.41, 5.74) is -0.150. The van der Waals surface area contributed by atoms with Gasteiger partial charge in [0.05, 0.1) is 6.20 Å². The number of nitrogens with one attached hydrogen (secondary N) is 3. The van der Waals surface area contributed by atoms with E-state index in [0.717, 1.165) is 0 Å². The Bertz CT molecular complexity index is 839. The Morgan fingerprint density at radius 2 is 2.03 bits per heavy atom. The molecule has 158 valence electrons. The summed E-state index contributed by atoms with van der Waals surface area (Å²) in [6.07, 6.45) is -1.36. The van der Waals surface area contributed by atoms with Crippen molar-refractivity contribution in [2.75, 3.05) is 6.61 Å². The van der Waals surface area contributed by atoms with Crippen molar-refractivity contribution in [1.82, 2.24) is 20.9 Å². The normalized spacial score (nSPS) is 18.5. The topological polar surface area (TPSA) is 105 Å². The maximum absolute atomic E-state index is 12.6. The summed E-state index contributed by atoms with van der Waals surface area (Å²) in [5.74, 6) is -0.474. The van der Waals surface area contributed by atoms with E-state index in [-0.39, 0.29) is 24.8 Å². The molecule has 0 saturated heterocycles. The van der Waals surface area contributed by atoms with E-state index in [1.807, 2.05) is 0 Å². The molecule has 1 atom stereocenters. The molecule has 29 heavy (non-hydrogen) atoms. The number of aryl methyl sites for hydroxylation is 1. The lowest BCUT2D eigenvalue weighted by molar-refractivity contribution is -0.154. The molecule has 0 spiro atoms. The number of amides is 2. The number of hydrogen-bond donors (Lipinski definition) is 3. The minimum Gasteiger partial charge on any atom is -0.468 e. The number of aromatic nitrogens is 1. The van der Waals surface area contributed by atoms with E-state index in [9.17, 15) is 22.8 Å². The molecule has 0 bridgehead atoms. The van der Waals surface area contributed by atoms with Gasteiger partial charge in [0.25, 0.3) is 5.91 Å². The summed E-state index contributed by atoms with van der Waals surface area (Å²) in [6, 6.07) is 2.84. The third-order valence-electron chi connectivity index (χ3n) is 3.99. The Kier molecular flexibility index (Phi) is 6.83. The van der Waals surface area contributed by atoms with Gasteiger partial charge in [-0.2, -0.15) is 13.2 Å². The molecule has 1 aliphatic heterocycles. The van der Waals surface area contributed by atoms with Crippen LogP contribution in [0.3, 0.4) is 0 Å². The number of carbonyl (C=O) groups is 2. The van der Waals surface area contributed by atoms with Crippen LogP contribution in [0.4, 0.5) is 13.2 Å². The summed E-state index contributed by atoms with van der Waals surface area (Å²) in [5, 5.41) is 8.24. The van der Waals surface area contributed by atoms with Crippen molar-refractivity contribution in [2.45, 2.75) is 45.5 Å². The largest absolute Gasteiger partial charge is 0.468 e. The van der Waals surface area contributed by atoms with Crippen molar-refractivity contribution < 1.29 is 27.5 Å². The number of ether oxygens (including phenoxy) is 1. The van der Waals surface area contributed by atoms with E-state index in [2.05, 4.69) is 30.7 Å². The predicted octanol–water partition coefficient (Wildman–Crippen LogP) is 1.71. The molecule has 0 saturated carbocycles. The van der Waals surface area contributed by atoms with E-state index in [1.54, 1.807) is 20.8 Å². The molecule has 0 radical (unpaired) electrons. The molecule has 1 aliphatic rings. The summed E-state index contributed by atoms with van der Waals surface area (Å²) in [4.78, 5) is 32.1. The van der Waals surface area contributed by atoms with E-state index >= 15 is 0 Å². The standard InChI is InChI=1S/C18H22F3N5O3/c1-4-14(27)25-13-8-22-9-17(3,26-13)16(28)23-7-12-5-6-15(24-11(12)2)29-10-18(19,20)21/h5-6,8-9,26H,4,7,10H2,1-3H3,(H,23,28)(H,25,27). The number of nitrogens with zero attached hydrogens (tertiary/aromatic N) is 2. The number of halogens is 3. The molecule has 11 heteroatoms. The molecule has 3 N–H and O–H groups in total. The second kappa shape index (κ2) is 8.93. The minimum absolute atomic E-state index is 0.0999. The van der Waals surface area contributed by atoms with Crippen molar-refractivity contribution >= 4 is 18.0 Å². The Morgan fingerprint density at radius 3 is 2.66 bits per heavy atom. The number of pyridine rings is 1. The van der Waals surface area contributed by atoms with Crippen LogP contribution in [0.15, 0.2) is 29.1 Å². The SMILES string of the molecule is CCC(=O)NC1=CN=CC(C)(C(=O)NCc2ccc(OCC(F)(F)F)nc2C)N1. The van der Waals surface area contributed by atoms with Gasteiger partial charge >= 0.3 is 6.18 Å². The summed E-state index contributed by atoms with van der Waals surface area (Å²) in [7, 11) is 0. The van der Waals surface area contributed by atoms with Gasteiger partial charge in [0.2, 0.25) is 11.8 Å². The van der Waals surface area contributed by atoms with Crippen LogP contribution in [0, 0.1) is 6.92 Å². The van der Waals surface area contributed by atoms with Crippen LogP contribution in [0.5, 0.6) is 5.88 Å². The molecule has 0 aromatic carbocycles. The highest BCUT2D eigenvalue weighted by molar-refractivity contribution is 6.03. The third kappa shape index (κ3) is 6.47.